The second-order valence-corrected chi connectivity index (χ2v) is 4.61. The Hall–Kier alpha value is -2.21. The summed E-state index contributed by atoms with van der Waals surface area (Å²) in [6.45, 7) is 0.0232. The fourth-order valence-corrected chi connectivity index (χ4v) is 1.77. The molecule has 2 rings (SSSR count). The number of nitrogens with zero attached hydrogens (tertiary/aromatic N) is 2. The van der Waals surface area contributed by atoms with Crippen LogP contribution in [-0.4, -0.2) is 15.4 Å². The van der Waals surface area contributed by atoms with E-state index in [1.54, 1.807) is 6.07 Å². The Labute approximate surface area is 124 Å². The first kappa shape index (κ1) is 15.2. The normalized spacial score (nSPS) is 11.5. The average Bonchev–Trinajstić information content (AvgIpc) is 2.48. The van der Waals surface area contributed by atoms with Crippen LogP contribution in [0, 0.1) is 11.6 Å². The van der Waals surface area contributed by atoms with Gasteiger partial charge in [-0.3, -0.25) is 4.98 Å². The number of aromatic nitrogens is 1. The molecule has 1 aromatic heterocycles. The molecular formula is C14H11ClF2N2O2. The topological polar surface area (TPSA) is 54.7 Å². The molecule has 0 atom stereocenters. The number of pyridine rings is 1. The number of hydrogen-bond acceptors (Lipinski definition) is 4. The first-order chi connectivity index (χ1) is 10.1. The third-order valence-corrected chi connectivity index (χ3v) is 2.83. The van der Waals surface area contributed by atoms with Crippen molar-refractivity contribution in [3.8, 4) is 5.75 Å². The fraction of sp³-hybridized carbons (Fsp3) is 0.143. The Kier molecular flexibility index (Phi) is 5.05. The highest BCUT2D eigenvalue weighted by Crippen LogP contribution is 2.20. The number of oxime groups is 1. The zero-order chi connectivity index (χ0) is 15.2. The highest BCUT2D eigenvalue weighted by Gasteiger charge is 2.07. The van der Waals surface area contributed by atoms with Crippen molar-refractivity contribution in [1.29, 1.82) is 0 Å². The van der Waals surface area contributed by atoms with Crippen LogP contribution in [0.3, 0.4) is 0 Å². The number of ether oxygens (including phenoxy) is 1. The second-order valence-electron chi connectivity index (χ2n) is 4.17. The van der Waals surface area contributed by atoms with Crippen LogP contribution in [0.5, 0.6) is 5.75 Å². The molecule has 0 spiro atoms. The molecule has 0 aliphatic rings. The highest BCUT2D eigenvalue weighted by molar-refractivity contribution is 6.65. The minimum absolute atomic E-state index is 0.0232. The van der Waals surface area contributed by atoms with Gasteiger partial charge in [-0.15, -0.1) is 0 Å². The van der Waals surface area contributed by atoms with E-state index in [0.29, 0.717) is 11.3 Å². The van der Waals surface area contributed by atoms with Crippen molar-refractivity contribution in [2.45, 2.75) is 13.0 Å². The largest absolute Gasteiger partial charge is 0.484 e. The third kappa shape index (κ3) is 4.39. The molecule has 1 heterocycles. The summed E-state index contributed by atoms with van der Waals surface area (Å²) in [4.78, 5) is 3.81. The van der Waals surface area contributed by atoms with Crippen LogP contribution >= 0.6 is 11.6 Å². The first-order valence-electron chi connectivity index (χ1n) is 5.96. The van der Waals surface area contributed by atoms with E-state index in [1.807, 2.05) is 0 Å². The molecule has 0 bridgehead atoms. The lowest BCUT2D eigenvalue weighted by Gasteiger charge is -2.08. The number of benzene rings is 1. The molecule has 0 radical (unpaired) electrons. The molecule has 0 fully saturated rings. The molecule has 0 aliphatic carbocycles. The molecule has 0 saturated heterocycles. The van der Waals surface area contributed by atoms with Crippen molar-refractivity contribution in [2.75, 3.05) is 0 Å². The summed E-state index contributed by atoms with van der Waals surface area (Å²) in [6.07, 6.45) is 1.18. The lowest BCUT2D eigenvalue weighted by Crippen LogP contribution is -2.01. The molecule has 0 saturated carbocycles. The second kappa shape index (κ2) is 6.99. The first-order valence-corrected chi connectivity index (χ1v) is 6.34. The summed E-state index contributed by atoms with van der Waals surface area (Å²) in [5, 5.41) is 11.2. The molecular weight excluding hydrogens is 302 g/mol. The minimum Gasteiger partial charge on any atom is -0.484 e. The maximum absolute atomic E-state index is 13.8. The summed E-state index contributed by atoms with van der Waals surface area (Å²) in [5.74, 6) is -0.976. The van der Waals surface area contributed by atoms with Gasteiger partial charge in [0, 0.05) is 6.42 Å². The van der Waals surface area contributed by atoms with Gasteiger partial charge in [-0.25, -0.2) is 8.78 Å². The smallest absolute Gasteiger partial charge is 0.165 e. The van der Waals surface area contributed by atoms with E-state index >= 15 is 0 Å². The average molecular weight is 313 g/mol. The van der Waals surface area contributed by atoms with Crippen molar-refractivity contribution >= 4 is 16.8 Å². The van der Waals surface area contributed by atoms with E-state index in [4.69, 9.17) is 21.5 Å². The van der Waals surface area contributed by atoms with Crippen molar-refractivity contribution in [3.63, 3.8) is 0 Å². The zero-order valence-electron chi connectivity index (χ0n) is 10.8. The standard InChI is InChI=1S/C14H11ClF2N2O2/c15-14(19-20)6-9-1-4-13(12(17)5-9)21-8-11-3-2-10(16)7-18-11/h1-5,7,20H,6,8H2. The number of halogens is 3. The van der Waals surface area contributed by atoms with Gasteiger partial charge < -0.3 is 9.94 Å². The molecule has 21 heavy (non-hydrogen) atoms. The Bertz CT molecular complexity index is 648. The van der Waals surface area contributed by atoms with Crippen LogP contribution in [0.2, 0.25) is 0 Å². The van der Waals surface area contributed by atoms with Crippen LogP contribution < -0.4 is 4.74 Å². The predicted octanol–water partition coefficient (Wildman–Crippen LogP) is 3.51. The quantitative estimate of drug-likeness (QED) is 0.522. The van der Waals surface area contributed by atoms with Crippen molar-refractivity contribution in [1.82, 2.24) is 4.98 Å². The fourth-order valence-electron chi connectivity index (χ4n) is 1.62. The molecule has 0 amide bonds. The van der Waals surface area contributed by atoms with Gasteiger partial charge in [-0.2, -0.15) is 0 Å². The van der Waals surface area contributed by atoms with Crippen LogP contribution in [0.25, 0.3) is 0 Å². The minimum atomic E-state index is -0.572. The van der Waals surface area contributed by atoms with E-state index in [0.717, 1.165) is 6.20 Å². The highest BCUT2D eigenvalue weighted by atomic mass is 35.5. The maximum atomic E-state index is 13.8. The zero-order valence-corrected chi connectivity index (χ0v) is 11.5. The van der Waals surface area contributed by atoms with Gasteiger partial charge in [0.1, 0.15) is 17.6 Å². The Morgan fingerprint density at radius 3 is 2.71 bits per heavy atom. The molecule has 0 aliphatic heterocycles. The van der Waals surface area contributed by atoms with Crippen LogP contribution in [0.1, 0.15) is 11.3 Å². The van der Waals surface area contributed by atoms with E-state index < -0.39 is 11.6 Å². The lowest BCUT2D eigenvalue weighted by atomic mass is 10.1. The van der Waals surface area contributed by atoms with Crippen molar-refractivity contribution in [3.05, 3.63) is 59.4 Å². The molecule has 110 valence electrons. The van der Waals surface area contributed by atoms with Gasteiger partial charge in [0.05, 0.1) is 11.9 Å². The predicted molar refractivity (Wildman–Crippen MR) is 73.7 cm³/mol. The van der Waals surface area contributed by atoms with Gasteiger partial charge in [-0.1, -0.05) is 22.8 Å². The maximum Gasteiger partial charge on any atom is 0.165 e. The molecule has 0 unspecified atom stereocenters. The number of rotatable bonds is 5. The van der Waals surface area contributed by atoms with Crippen molar-refractivity contribution < 1.29 is 18.7 Å². The van der Waals surface area contributed by atoms with E-state index in [9.17, 15) is 8.78 Å². The SMILES string of the molecule is ON=C(Cl)Cc1ccc(OCc2ccc(F)cn2)c(F)c1. The van der Waals surface area contributed by atoms with Crippen LogP contribution in [0.15, 0.2) is 41.7 Å². The summed E-state index contributed by atoms with van der Waals surface area (Å²) in [7, 11) is 0. The summed E-state index contributed by atoms with van der Waals surface area (Å²) < 4.78 is 31.8. The molecule has 2 aromatic rings. The van der Waals surface area contributed by atoms with E-state index in [2.05, 4.69) is 10.1 Å². The lowest BCUT2D eigenvalue weighted by molar-refractivity contribution is 0.285. The van der Waals surface area contributed by atoms with Gasteiger partial charge in [0.25, 0.3) is 0 Å². The van der Waals surface area contributed by atoms with E-state index in [-0.39, 0.29) is 23.9 Å². The summed E-state index contributed by atoms with van der Waals surface area (Å²) >= 11 is 5.55. The van der Waals surface area contributed by atoms with Crippen molar-refractivity contribution in [2.24, 2.45) is 5.16 Å². The summed E-state index contributed by atoms with van der Waals surface area (Å²) in [5.41, 5.74) is 1.03. The monoisotopic (exact) mass is 312 g/mol. The number of hydrogen-bond donors (Lipinski definition) is 1. The molecule has 7 heteroatoms. The van der Waals surface area contributed by atoms with Gasteiger partial charge >= 0.3 is 0 Å². The van der Waals surface area contributed by atoms with Gasteiger partial charge in [-0.05, 0) is 29.8 Å². The molecule has 1 aromatic carbocycles. The molecule has 4 nitrogen and oxygen atoms in total. The Morgan fingerprint density at radius 1 is 1.29 bits per heavy atom. The molecule has 1 N–H and O–H groups in total. The Morgan fingerprint density at radius 2 is 2.10 bits per heavy atom. The van der Waals surface area contributed by atoms with Crippen LogP contribution in [0.4, 0.5) is 8.78 Å². The third-order valence-electron chi connectivity index (χ3n) is 2.62. The van der Waals surface area contributed by atoms with E-state index in [1.165, 1.54) is 24.3 Å². The van der Waals surface area contributed by atoms with Gasteiger partial charge in [0.15, 0.2) is 11.6 Å². The van der Waals surface area contributed by atoms with Gasteiger partial charge in [0.2, 0.25) is 0 Å². The summed E-state index contributed by atoms with van der Waals surface area (Å²) in [6, 6.07) is 6.99. The Balaban J connectivity index is 2.02. The van der Waals surface area contributed by atoms with Crippen LogP contribution in [-0.2, 0) is 13.0 Å².